The van der Waals surface area contributed by atoms with Gasteiger partial charge in [0.2, 0.25) is 0 Å². The summed E-state index contributed by atoms with van der Waals surface area (Å²) in [6, 6.07) is 21.8. The van der Waals surface area contributed by atoms with Crippen LogP contribution in [-0.2, 0) is 13.0 Å². The number of halogens is 2. The summed E-state index contributed by atoms with van der Waals surface area (Å²) in [5.41, 5.74) is 4.78. The minimum atomic E-state index is 0.113. The number of fused-ring (bicyclic) bond motifs is 1. The third kappa shape index (κ3) is 3.92. The Labute approximate surface area is 175 Å². The first-order chi connectivity index (χ1) is 13.1. The highest BCUT2D eigenvalue weighted by molar-refractivity contribution is 9.11. The summed E-state index contributed by atoms with van der Waals surface area (Å²) in [6.45, 7) is 0.492. The van der Waals surface area contributed by atoms with Crippen molar-refractivity contribution in [1.29, 1.82) is 0 Å². The van der Waals surface area contributed by atoms with Gasteiger partial charge in [-0.1, -0.05) is 54.6 Å². The molecule has 27 heavy (non-hydrogen) atoms. The molecule has 0 spiro atoms. The molecule has 3 aromatic rings. The quantitative estimate of drug-likeness (QED) is 0.390. The summed E-state index contributed by atoms with van der Waals surface area (Å²) < 4.78 is 7.67. The highest BCUT2D eigenvalue weighted by Crippen LogP contribution is 2.37. The van der Waals surface area contributed by atoms with Gasteiger partial charge in [0.05, 0.1) is 8.95 Å². The number of allylic oxidation sites excluding steroid dienone is 1. The van der Waals surface area contributed by atoms with Crippen LogP contribution in [0.15, 0.2) is 81.2 Å². The second kappa shape index (κ2) is 7.83. The normalized spacial score (nSPS) is 14.4. The predicted octanol–water partition coefficient (Wildman–Crippen LogP) is 6.61. The summed E-state index contributed by atoms with van der Waals surface area (Å²) in [4.78, 5) is 12.6. The molecule has 0 atom stereocenters. The average molecular weight is 484 g/mol. The van der Waals surface area contributed by atoms with Gasteiger partial charge in [-0.25, -0.2) is 0 Å². The van der Waals surface area contributed by atoms with Crippen molar-refractivity contribution in [2.75, 3.05) is 0 Å². The predicted molar refractivity (Wildman–Crippen MR) is 115 cm³/mol. The van der Waals surface area contributed by atoms with Crippen molar-refractivity contribution in [3.63, 3.8) is 0 Å². The van der Waals surface area contributed by atoms with Gasteiger partial charge in [0, 0.05) is 17.6 Å². The van der Waals surface area contributed by atoms with Crippen LogP contribution in [0.25, 0.3) is 6.08 Å². The van der Waals surface area contributed by atoms with E-state index < -0.39 is 0 Å². The van der Waals surface area contributed by atoms with Gasteiger partial charge in [-0.15, -0.1) is 0 Å². The third-order valence-corrected chi connectivity index (χ3v) is 5.70. The van der Waals surface area contributed by atoms with E-state index in [1.54, 1.807) is 0 Å². The van der Waals surface area contributed by atoms with Gasteiger partial charge in [-0.3, -0.25) is 4.79 Å². The number of ketones is 1. The maximum Gasteiger partial charge on any atom is 0.189 e. The van der Waals surface area contributed by atoms with Crippen molar-refractivity contribution in [1.82, 2.24) is 0 Å². The zero-order valence-corrected chi connectivity index (χ0v) is 17.6. The highest BCUT2D eigenvalue weighted by Gasteiger charge is 2.24. The van der Waals surface area contributed by atoms with Gasteiger partial charge in [-0.05, 0) is 66.8 Å². The smallest absolute Gasteiger partial charge is 0.189 e. The first-order valence-electron chi connectivity index (χ1n) is 8.61. The molecule has 4 heteroatoms. The van der Waals surface area contributed by atoms with Crippen LogP contribution < -0.4 is 4.74 Å². The maximum absolute atomic E-state index is 12.6. The number of carbonyl (C=O) groups excluding carboxylic acids is 1. The first-order valence-corrected chi connectivity index (χ1v) is 10.2. The lowest BCUT2D eigenvalue weighted by Crippen LogP contribution is -1.98. The van der Waals surface area contributed by atoms with Gasteiger partial charge < -0.3 is 4.74 Å². The van der Waals surface area contributed by atoms with Crippen LogP contribution in [-0.4, -0.2) is 5.78 Å². The summed E-state index contributed by atoms with van der Waals surface area (Å²) in [6.07, 6.45) is 2.63. The Balaban J connectivity index is 1.56. The second-order valence-electron chi connectivity index (χ2n) is 6.42. The maximum atomic E-state index is 12.6. The summed E-state index contributed by atoms with van der Waals surface area (Å²) >= 11 is 7.19. The second-order valence-corrected chi connectivity index (χ2v) is 8.13. The van der Waals surface area contributed by atoms with E-state index in [0.29, 0.717) is 13.0 Å². The van der Waals surface area contributed by atoms with Crippen molar-refractivity contribution < 1.29 is 9.53 Å². The molecule has 0 saturated heterocycles. The van der Waals surface area contributed by atoms with Crippen LogP contribution in [0, 0.1) is 0 Å². The van der Waals surface area contributed by atoms with Crippen LogP contribution >= 0.6 is 31.9 Å². The summed E-state index contributed by atoms with van der Waals surface area (Å²) in [7, 11) is 0. The summed E-state index contributed by atoms with van der Waals surface area (Å²) in [5.74, 6) is 0.865. The monoisotopic (exact) mass is 482 g/mol. The molecule has 0 N–H and O–H groups in total. The van der Waals surface area contributed by atoms with Crippen molar-refractivity contribution in [3.8, 4) is 5.75 Å². The minimum Gasteiger partial charge on any atom is -0.487 e. The van der Waals surface area contributed by atoms with Crippen LogP contribution in [0.2, 0.25) is 0 Å². The Kier molecular flexibility index (Phi) is 5.28. The van der Waals surface area contributed by atoms with Crippen molar-refractivity contribution in [2.45, 2.75) is 13.0 Å². The van der Waals surface area contributed by atoms with Crippen molar-refractivity contribution in [3.05, 3.63) is 104 Å². The molecule has 0 aromatic heterocycles. The topological polar surface area (TPSA) is 26.3 Å². The van der Waals surface area contributed by atoms with E-state index in [-0.39, 0.29) is 5.78 Å². The van der Waals surface area contributed by atoms with E-state index >= 15 is 0 Å². The van der Waals surface area contributed by atoms with Crippen LogP contribution in [0.5, 0.6) is 5.75 Å². The molecule has 2 nitrogen and oxygen atoms in total. The van der Waals surface area contributed by atoms with Crippen molar-refractivity contribution in [2.24, 2.45) is 0 Å². The number of Topliss-reactive ketones (excluding diaryl/α,β-unsaturated/α-hetero) is 1. The molecule has 3 aromatic carbocycles. The lowest BCUT2D eigenvalue weighted by Gasteiger charge is -2.11. The molecule has 0 saturated carbocycles. The van der Waals surface area contributed by atoms with Crippen LogP contribution in [0.3, 0.4) is 0 Å². The molecule has 0 bridgehead atoms. The van der Waals surface area contributed by atoms with Gasteiger partial charge in [-0.2, -0.15) is 0 Å². The number of carbonyl (C=O) groups is 1. The molecular formula is C23H16Br2O2. The molecule has 1 aliphatic rings. The molecular weight excluding hydrogens is 468 g/mol. The highest BCUT2D eigenvalue weighted by atomic mass is 79.9. The lowest BCUT2D eigenvalue weighted by molar-refractivity contribution is 0.104. The van der Waals surface area contributed by atoms with E-state index in [1.807, 2.05) is 72.8 Å². The summed E-state index contributed by atoms with van der Waals surface area (Å²) in [5, 5.41) is 0. The molecule has 0 radical (unpaired) electrons. The molecule has 0 heterocycles. The van der Waals surface area contributed by atoms with E-state index in [0.717, 1.165) is 42.5 Å². The van der Waals surface area contributed by atoms with Crippen LogP contribution in [0.4, 0.5) is 0 Å². The van der Waals surface area contributed by atoms with Gasteiger partial charge in [0.15, 0.2) is 5.78 Å². The standard InChI is InChI=1S/C23H16Br2O2/c24-20-11-16(10-18-13-17-8-4-5-9-19(17)22(18)26)12-21(25)23(20)27-14-15-6-2-1-3-7-15/h1-12H,13-14H2/b18-10+. The van der Waals surface area contributed by atoms with Gasteiger partial charge in [0.25, 0.3) is 0 Å². The zero-order chi connectivity index (χ0) is 18.8. The number of ether oxygens (including phenoxy) is 1. The SMILES string of the molecule is O=C1/C(=C/c2cc(Br)c(OCc3ccccc3)c(Br)c2)Cc2ccccc21. The molecule has 0 unspecified atom stereocenters. The fourth-order valence-corrected chi connectivity index (χ4v) is 4.65. The number of rotatable bonds is 4. The Morgan fingerprint density at radius 3 is 2.30 bits per heavy atom. The van der Waals surface area contributed by atoms with Gasteiger partial charge in [0.1, 0.15) is 12.4 Å². The molecule has 134 valence electrons. The minimum absolute atomic E-state index is 0.113. The Morgan fingerprint density at radius 2 is 1.59 bits per heavy atom. The molecule has 0 amide bonds. The van der Waals surface area contributed by atoms with E-state index in [9.17, 15) is 4.79 Å². The van der Waals surface area contributed by atoms with E-state index in [4.69, 9.17) is 4.74 Å². The molecule has 0 aliphatic heterocycles. The van der Waals surface area contributed by atoms with Gasteiger partial charge >= 0.3 is 0 Å². The molecule has 0 fully saturated rings. The first kappa shape index (κ1) is 18.2. The Hall–Kier alpha value is -2.17. The Bertz CT molecular complexity index is 1020. The largest absolute Gasteiger partial charge is 0.487 e. The average Bonchev–Trinajstić information content (AvgIpc) is 2.98. The lowest BCUT2D eigenvalue weighted by atomic mass is 10.1. The fraction of sp³-hybridized carbons (Fsp3) is 0.0870. The van der Waals surface area contributed by atoms with Crippen LogP contribution in [0.1, 0.15) is 27.0 Å². The number of benzene rings is 3. The fourth-order valence-electron chi connectivity index (χ4n) is 3.20. The number of hydrogen-bond donors (Lipinski definition) is 0. The van der Waals surface area contributed by atoms with E-state index in [2.05, 4.69) is 31.9 Å². The third-order valence-electron chi connectivity index (χ3n) is 4.52. The van der Waals surface area contributed by atoms with Crippen molar-refractivity contribution >= 4 is 43.7 Å². The number of hydrogen-bond acceptors (Lipinski definition) is 2. The van der Waals surface area contributed by atoms with E-state index in [1.165, 1.54) is 0 Å². The zero-order valence-electron chi connectivity index (χ0n) is 14.4. The molecule has 4 rings (SSSR count). The Morgan fingerprint density at radius 1 is 0.926 bits per heavy atom. The molecule has 1 aliphatic carbocycles.